The van der Waals surface area contributed by atoms with Crippen LogP contribution in [0.2, 0.25) is 0 Å². The number of piperidine rings is 1. The van der Waals surface area contributed by atoms with E-state index >= 15 is 0 Å². The third kappa shape index (κ3) is 4.31. The minimum atomic E-state index is -3.53. The lowest BCUT2D eigenvalue weighted by Gasteiger charge is -2.32. The molecule has 0 aliphatic carbocycles. The van der Waals surface area contributed by atoms with E-state index in [1.165, 1.54) is 4.31 Å². The Balaban J connectivity index is 0.00000243. The van der Waals surface area contributed by atoms with Crippen molar-refractivity contribution in [2.24, 2.45) is 11.7 Å². The number of sulfonamides is 1. The van der Waals surface area contributed by atoms with Crippen molar-refractivity contribution in [3.8, 4) is 5.75 Å². The Morgan fingerprint density at radius 3 is 2.23 bits per heavy atom. The first-order chi connectivity index (χ1) is 11.9. The topological polar surface area (TPSA) is 92.9 Å². The van der Waals surface area contributed by atoms with Crippen molar-refractivity contribution in [3.63, 3.8) is 0 Å². The number of likely N-dealkylation sites (tertiary alicyclic amines) is 1. The summed E-state index contributed by atoms with van der Waals surface area (Å²) in [4.78, 5) is 14.6. The molecule has 1 atom stereocenters. The standard InChI is InChI=1S/C17H25N3O4S.ClH/c1-24-15-2-4-16(5-3-15)25(22,23)20-10-6-13(7-11-20)17(21)19-9-8-14(18)12-19;/h2-5,13-14H,6-12,18H2,1H3;1H/t14-;/m1./s1. The second kappa shape index (κ2) is 8.56. The number of benzene rings is 1. The molecule has 3 rings (SSSR count). The Morgan fingerprint density at radius 2 is 1.73 bits per heavy atom. The summed E-state index contributed by atoms with van der Waals surface area (Å²) < 4.78 is 32.0. The maximum absolute atomic E-state index is 12.7. The maximum atomic E-state index is 12.7. The van der Waals surface area contributed by atoms with E-state index in [1.807, 2.05) is 4.90 Å². The van der Waals surface area contributed by atoms with Crippen LogP contribution in [0, 0.1) is 5.92 Å². The first-order valence-corrected chi connectivity index (χ1v) is 10.0. The van der Waals surface area contributed by atoms with E-state index in [4.69, 9.17) is 10.5 Å². The van der Waals surface area contributed by atoms with Crippen LogP contribution in [0.5, 0.6) is 5.75 Å². The third-order valence-corrected chi connectivity index (χ3v) is 6.95. The molecule has 26 heavy (non-hydrogen) atoms. The molecule has 0 spiro atoms. The molecule has 0 unspecified atom stereocenters. The number of methoxy groups -OCH3 is 1. The minimum Gasteiger partial charge on any atom is -0.497 e. The number of halogens is 1. The Bertz CT molecular complexity index is 718. The van der Waals surface area contributed by atoms with Crippen LogP contribution in [0.25, 0.3) is 0 Å². The van der Waals surface area contributed by atoms with Gasteiger partial charge in [0.1, 0.15) is 5.75 Å². The molecular weight excluding hydrogens is 378 g/mol. The van der Waals surface area contributed by atoms with Crippen molar-refractivity contribution in [3.05, 3.63) is 24.3 Å². The Labute approximate surface area is 160 Å². The number of nitrogens with two attached hydrogens (primary N) is 1. The summed E-state index contributed by atoms with van der Waals surface area (Å²) >= 11 is 0. The van der Waals surface area contributed by atoms with E-state index < -0.39 is 10.0 Å². The van der Waals surface area contributed by atoms with Crippen LogP contribution in [0.1, 0.15) is 19.3 Å². The number of hydrogen-bond acceptors (Lipinski definition) is 5. The van der Waals surface area contributed by atoms with Gasteiger partial charge in [-0.2, -0.15) is 4.31 Å². The van der Waals surface area contributed by atoms with Crippen LogP contribution < -0.4 is 10.5 Å². The molecule has 146 valence electrons. The van der Waals surface area contributed by atoms with E-state index in [-0.39, 0.29) is 35.2 Å². The molecule has 1 aromatic rings. The number of nitrogens with zero attached hydrogens (tertiary/aromatic N) is 2. The van der Waals surface area contributed by atoms with E-state index in [0.717, 1.165) is 6.42 Å². The molecule has 1 amide bonds. The number of rotatable bonds is 4. The molecule has 2 aliphatic rings. The molecule has 0 saturated carbocycles. The van der Waals surface area contributed by atoms with Crippen LogP contribution >= 0.6 is 12.4 Å². The first kappa shape index (κ1) is 21.0. The van der Waals surface area contributed by atoms with Gasteiger partial charge in [0.15, 0.2) is 0 Å². The molecule has 2 saturated heterocycles. The van der Waals surface area contributed by atoms with E-state index in [0.29, 0.717) is 44.8 Å². The van der Waals surface area contributed by atoms with Gasteiger partial charge in [-0.3, -0.25) is 4.79 Å². The summed E-state index contributed by atoms with van der Waals surface area (Å²) in [6.45, 7) is 2.06. The number of carbonyl (C=O) groups is 1. The van der Waals surface area contributed by atoms with Crippen LogP contribution in [0.3, 0.4) is 0 Å². The number of amides is 1. The van der Waals surface area contributed by atoms with Gasteiger partial charge in [-0.15, -0.1) is 12.4 Å². The monoisotopic (exact) mass is 403 g/mol. The normalized spacial score (nSPS) is 22.1. The first-order valence-electron chi connectivity index (χ1n) is 8.60. The average molecular weight is 404 g/mol. The van der Waals surface area contributed by atoms with Gasteiger partial charge in [0, 0.05) is 38.1 Å². The highest BCUT2D eigenvalue weighted by Gasteiger charge is 2.35. The molecule has 0 aromatic heterocycles. The molecule has 2 N–H and O–H groups in total. The molecule has 7 nitrogen and oxygen atoms in total. The molecule has 2 fully saturated rings. The predicted octanol–water partition coefficient (Wildman–Crippen LogP) is 1.08. The highest BCUT2D eigenvalue weighted by atomic mass is 35.5. The van der Waals surface area contributed by atoms with E-state index in [9.17, 15) is 13.2 Å². The summed E-state index contributed by atoms with van der Waals surface area (Å²) in [5.41, 5.74) is 5.87. The van der Waals surface area contributed by atoms with E-state index in [2.05, 4.69) is 0 Å². The zero-order chi connectivity index (χ0) is 18.0. The second-order valence-electron chi connectivity index (χ2n) is 6.69. The van der Waals surface area contributed by atoms with Gasteiger partial charge in [0.25, 0.3) is 0 Å². The second-order valence-corrected chi connectivity index (χ2v) is 8.62. The third-order valence-electron chi connectivity index (χ3n) is 5.04. The van der Waals surface area contributed by atoms with Crippen molar-refractivity contribution in [1.82, 2.24) is 9.21 Å². The maximum Gasteiger partial charge on any atom is 0.243 e. The van der Waals surface area contributed by atoms with Crippen molar-refractivity contribution in [2.45, 2.75) is 30.2 Å². The van der Waals surface area contributed by atoms with Crippen molar-refractivity contribution >= 4 is 28.3 Å². The highest BCUT2D eigenvalue weighted by molar-refractivity contribution is 7.89. The van der Waals surface area contributed by atoms with Gasteiger partial charge < -0.3 is 15.4 Å². The lowest BCUT2D eigenvalue weighted by molar-refractivity contribution is -0.135. The molecule has 2 heterocycles. The fraction of sp³-hybridized carbons (Fsp3) is 0.588. The van der Waals surface area contributed by atoms with Gasteiger partial charge in [-0.1, -0.05) is 0 Å². The fourth-order valence-electron chi connectivity index (χ4n) is 3.49. The van der Waals surface area contributed by atoms with Gasteiger partial charge in [0.05, 0.1) is 12.0 Å². The van der Waals surface area contributed by atoms with Crippen LogP contribution in [-0.4, -0.2) is 62.9 Å². The van der Waals surface area contributed by atoms with Gasteiger partial charge in [-0.05, 0) is 43.5 Å². The Kier molecular flexibility index (Phi) is 6.90. The Morgan fingerprint density at radius 1 is 1.12 bits per heavy atom. The molecule has 0 bridgehead atoms. The van der Waals surface area contributed by atoms with Crippen molar-refractivity contribution < 1.29 is 17.9 Å². The van der Waals surface area contributed by atoms with E-state index in [1.54, 1.807) is 31.4 Å². The quantitative estimate of drug-likeness (QED) is 0.811. The van der Waals surface area contributed by atoms with Crippen LogP contribution in [0.15, 0.2) is 29.2 Å². The molecule has 0 radical (unpaired) electrons. The number of carbonyl (C=O) groups excluding carboxylic acids is 1. The predicted molar refractivity (Wildman–Crippen MR) is 101 cm³/mol. The molecular formula is C17H26ClN3O4S. The minimum absolute atomic E-state index is 0. The smallest absolute Gasteiger partial charge is 0.243 e. The summed E-state index contributed by atoms with van der Waals surface area (Å²) in [6.07, 6.45) is 1.95. The van der Waals surface area contributed by atoms with Gasteiger partial charge in [-0.25, -0.2) is 8.42 Å². The number of ether oxygens (including phenoxy) is 1. The van der Waals surface area contributed by atoms with Crippen LogP contribution in [0.4, 0.5) is 0 Å². The lowest BCUT2D eigenvalue weighted by atomic mass is 9.97. The summed E-state index contributed by atoms with van der Waals surface area (Å²) in [6, 6.07) is 6.45. The van der Waals surface area contributed by atoms with Crippen LogP contribution in [-0.2, 0) is 14.8 Å². The summed E-state index contributed by atoms with van der Waals surface area (Å²) in [5, 5.41) is 0. The van der Waals surface area contributed by atoms with Crippen molar-refractivity contribution in [2.75, 3.05) is 33.3 Å². The SMILES string of the molecule is COc1ccc(S(=O)(=O)N2CCC(C(=O)N3CC[C@@H](N)C3)CC2)cc1.Cl. The van der Waals surface area contributed by atoms with Gasteiger partial charge >= 0.3 is 0 Å². The Hall–Kier alpha value is -1.35. The largest absolute Gasteiger partial charge is 0.497 e. The zero-order valence-electron chi connectivity index (χ0n) is 14.8. The zero-order valence-corrected chi connectivity index (χ0v) is 16.5. The fourth-order valence-corrected chi connectivity index (χ4v) is 4.96. The summed E-state index contributed by atoms with van der Waals surface area (Å²) in [5.74, 6) is 0.633. The molecule has 2 aliphatic heterocycles. The highest BCUT2D eigenvalue weighted by Crippen LogP contribution is 2.27. The average Bonchev–Trinajstić information content (AvgIpc) is 3.07. The van der Waals surface area contributed by atoms with Gasteiger partial charge in [0.2, 0.25) is 15.9 Å². The summed E-state index contributed by atoms with van der Waals surface area (Å²) in [7, 11) is -1.99. The van der Waals surface area contributed by atoms with Crippen molar-refractivity contribution in [1.29, 1.82) is 0 Å². The molecule has 1 aromatic carbocycles. The molecule has 9 heteroatoms. The number of hydrogen-bond donors (Lipinski definition) is 1. The lowest BCUT2D eigenvalue weighted by Crippen LogP contribution is -2.44.